The summed E-state index contributed by atoms with van der Waals surface area (Å²) in [6.07, 6.45) is 2.06. The molecule has 27 heavy (non-hydrogen) atoms. The van der Waals surface area contributed by atoms with Crippen molar-refractivity contribution in [2.75, 3.05) is 0 Å². The standard InChI is InChI=1S/C22H29ClO4/c1-5-7-20(26)18(14(3)24)13-19(16-9-11-17(23)12-10-16)22(15(4)25)21(27)8-6-2/h9-12,18-19,22H,5-8,13H2,1-4H3. The first-order valence-electron chi connectivity index (χ1n) is 9.54. The fraction of sp³-hybridized carbons (Fsp3) is 0.545. The maximum absolute atomic E-state index is 12.7. The average molecular weight is 393 g/mol. The van der Waals surface area contributed by atoms with E-state index in [-0.39, 0.29) is 29.6 Å². The minimum absolute atomic E-state index is 0.130. The van der Waals surface area contributed by atoms with Crippen molar-refractivity contribution >= 4 is 34.7 Å². The zero-order valence-corrected chi connectivity index (χ0v) is 17.3. The second-order valence-electron chi connectivity index (χ2n) is 7.08. The summed E-state index contributed by atoms with van der Waals surface area (Å²) < 4.78 is 0. The van der Waals surface area contributed by atoms with Crippen LogP contribution in [0, 0.1) is 11.8 Å². The Morgan fingerprint density at radius 3 is 1.81 bits per heavy atom. The fourth-order valence-corrected chi connectivity index (χ4v) is 3.64. The zero-order chi connectivity index (χ0) is 20.6. The molecule has 0 heterocycles. The molecule has 148 valence electrons. The van der Waals surface area contributed by atoms with E-state index in [2.05, 4.69) is 0 Å². The molecule has 0 fully saturated rings. The van der Waals surface area contributed by atoms with Crippen LogP contribution in [0.25, 0.3) is 0 Å². The number of benzene rings is 1. The first-order valence-corrected chi connectivity index (χ1v) is 9.92. The van der Waals surface area contributed by atoms with Crippen LogP contribution < -0.4 is 0 Å². The van der Waals surface area contributed by atoms with Gasteiger partial charge in [0.2, 0.25) is 0 Å². The van der Waals surface area contributed by atoms with Crippen molar-refractivity contribution in [1.29, 1.82) is 0 Å². The van der Waals surface area contributed by atoms with E-state index in [0.29, 0.717) is 30.7 Å². The van der Waals surface area contributed by atoms with Crippen molar-refractivity contribution in [3.05, 3.63) is 34.9 Å². The molecule has 4 nitrogen and oxygen atoms in total. The van der Waals surface area contributed by atoms with Gasteiger partial charge in [-0.25, -0.2) is 0 Å². The van der Waals surface area contributed by atoms with Gasteiger partial charge in [0, 0.05) is 23.8 Å². The molecule has 0 aliphatic heterocycles. The highest BCUT2D eigenvalue weighted by atomic mass is 35.5. The molecule has 5 heteroatoms. The summed E-state index contributed by atoms with van der Waals surface area (Å²) in [7, 11) is 0. The molecule has 1 aromatic rings. The minimum atomic E-state index is -0.859. The molecule has 0 aliphatic rings. The van der Waals surface area contributed by atoms with E-state index in [1.165, 1.54) is 13.8 Å². The highest BCUT2D eigenvalue weighted by Crippen LogP contribution is 2.35. The van der Waals surface area contributed by atoms with Gasteiger partial charge in [-0.2, -0.15) is 0 Å². The van der Waals surface area contributed by atoms with Crippen LogP contribution in [0.5, 0.6) is 0 Å². The Morgan fingerprint density at radius 2 is 1.37 bits per heavy atom. The van der Waals surface area contributed by atoms with Gasteiger partial charge in [-0.05, 0) is 50.8 Å². The van der Waals surface area contributed by atoms with Gasteiger partial charge in [-0.15, -0.1) is 0 Å². The summed E-state index contributed by atoms with van der Waals surface area (Å²) >= 11 is 5.98. The van der Waals surface area contributed by atoms with Crippen LogP contribution in [0.15, 0.2) is 24.3 Å². The van der Waals surface area contributed by atoms with Crippen LogP contribution in [0.4, 0.5) is 0 Å². The van der Waals surface area contributed by atoms with E-state index in [9.17, 15) is 19.2 Å². The zero-order valence-electron chi connectivity index (χ0n) is 16.6. The lowest BCUT2D eigenvalue weighted by Crippen LogP contribution is -2.33. The van der Waals surface area contributed by atoms with E-state index in [4.69, 9.17) is 11.6 Å². The lowest BCUT2D eigenvalue weighted by atomic mass is 9.73. The van der Waals surface area contributed by atoms with Gasteiger partial charge >= 0.3 is 0 Å². The Hall–Kier alpha value is -1.81. The van der Waals surface area contributed by atoms with Gasteiger partial charge < -0.3 is 0 Å². The molecule has 0 N–H and O–H groups in total. The normalized spacial score (nSPS) is 14.3. The van der Waals surface area contributed by atoms with E-state index in [1.54, 1.807) is 24.3 Å². The molecule has 3 unspecified atom stereocenters. The predicted octanol–water partition coefficient (Wildman–Crippen LogP) is 4.96. The number of rotatable bonds is 12. The van der Waals surface area contributed by atoms with Crippen molar-refractivity contribution in [1.82, 2.24) is 0 Å². The largest absolute Gasteiger partial charge is 0.299 e. The molecule has 0 aliphatic carbocycles. The summed E-state index contributed by atoms with van der Waals surface area (Å²) in [6.45, 7) is 6.57. The fourth-order valence-electron chi connectivity index (χ4n) is 3.51. The lowest BCUT2D eigenvalue weighted by Gasteiger charge is -2.27. The summed E-state index contributed by atoms with van der Waals surface area (Å²) in [5.74, 6) is -2.92. The molecular formula is C22H29ClO4. The van der Waals surface area contributed by atoms with Gasteiger partial charge in [0.1, 0.15) is 23.1 Å². The molecular weight excluding hydrogens is 364 g/mol. The first-order chi connectivity index (χ1) is 12.7. The number of carbonyl (C=O) groups excluding carboxylic acids is 4. The average Bonchev–Trinajstić information content (AvgIpc) is 2.58. The maximum atomic E-state index is 12.7. The van der Waals surface area contributed by atoms with Gasteiger partial charge in [-0.1, -0.05) is 37.6 Å². The number of carbonyl (C=O) groups is 4. The van der Waals surface area contributed by atoms with Gasteiger partial charge in [0.05, 0.1) is 11.8 Å². The molecule has 3 atom stereocenters. The van der Waals surface area contributed by atoms with Gasteiger partial charge in [-0.3, -0.25) is 19.2 Å². The van der Waals surface area contributed by atoms with Crippen LogP contribution in [0.2, 0.25) is 5.02 Å². The minimum Gasteiger partial charge on any atom is -0.299 e. The molecule has 0 bridgehead atoms. The Labute approximate surface area is 166 Å². The number of hydrogen-bond acceptors (Lipinski definition) is 4. The number of halogens is 1. The van der Waals surface area contributed by atoms with Crippen LogP contribution in [0.1, 0.15) is 71.3 Å². The molecule has 0 radical (unpaired) electrons. The van der Waals surface area contributed by atoms with Crippen molar-refractivity contribution in [3.63, 3.8) is 0 Å². The smallest absolute Gasteiger partial charge is 0.143 e. The SMILES string of the molecule is CCCC(=O)C(CC(c1ccc(Cl)cc1)C(C(C)=O)C(=O)CCC)C(C)=O. The highest BCUT2D eigenvalue weighted by molar-refractivity contribution is 6.30. The number of Topliss-reactive ketones (excluding diaryl/α,β-unsaturated/α-hetero) is 4. The number of hydrogen-bond donors (Lipinski definition) is 0. The third-order valence-electron chi connectivity index (χ3n) is 4.85. The monoisotopic (exact) mass is 392 g/mol. The van der Waals surface area contributed by atoms with Crippen molar-refractivity contribution in [2.45, 2.75) is 65.7 Å². The summed E-state index contributed by atoms with van der Waals surface area (Å²) in [5, 5.41) is 0.543. The molecule has 0 spiro atoms. The Morgan fingerprint density at radius 1 is 0.852 bits per heavy atom. The third-order valence-corrected chi connectivity index (χ3v) is 5.10. The summed E-state index contributed by atoms with van der Waals surface area (Å²) in [6, 6.07) is 6.93. The Bertz CT molecular complexity index is 678. The van der Waals surface area contributed by atoms with E-state index in [1.807, 2.05) is 13.8 Å². The topological polar surface area (TPSA) is 68.3 Å². The molecule has 0 saturated carbocycles. The maximum Gasteiger partial charge on any atom is 0.143 e. The predicted molar refractivity (Wildman–Crippen MR) is 107 cm³/mol. The van der Waals surface area contributed by atoms with Crippen molar-refractivity contribution in [3.8, 4) is 0 Å². The van der Waals surface area contributed by atoms with Gasteiger partial charge in [0.15, 0.2) is 0 Å². The molecule has 1 aromatic carbocycles. The van der Waals surface area contributed by atoms with E-state index in [0.717, 1.165) is 5.56 Å². The van der Waals surface area contributed by atoms with Crippen LogP contribution in [-0.2, 0) is 19.2 Å². The molecule has 0 saturated heterocycles. The third kappa shape index (κ3) is 6.69. The molecule has 0 aromatic heterocycles. The van der Waals surface area contributed by atoms with Crippen LogP contribution in [0.3, 0.4) is 0 Å². The summed E-state index contributed by atoms with van der Waals surface area (Å²) in [5.41, 5.74) is 0.750. The van der Waals surface area contributed by atoms with Crippen LogP contribution >= 0.6 is 11.6 Å². The van der Waals surface area contributed by atoms with E-state index < -0.39 is 17.8 Å². The summed E-state index contributed by atoms with van der Waals surface area (Å²) in [4.78, 5) is 49.7. The molecule has 1 rings (SSSR count). The van der Waals surface area contributed by atoms with E-state index >= 15 is 0 Å². The Balaban J connectivity index is 3.36. The first kappa shape index (κ1) is 23.2. The highest BCUT2D eigenvalue weighted by Gasteiger charge is 2.36. The quantitative estimate of drug-likeness (QED) is 0.471. The van der Waals surface area contributed by atoms with Crippen LogP contribution in [-0.4, -0.2) is 23.1 Å². The van der Waals surface area contributed by atoms with Crippen molar-refractivity contribution in [2.24, 2.45) is 11.8 Å². The molecule has 0 amide bonds. The van der Waals surface area contributed by atoms with Gasteiger partial charge in [0.25, 0.3) is 0 Å². The second kappa shape index (κ2) is 11.1. The second-order valence-corrected chi connectivity index (χ2v) is 7.51. The number of ketones is 4. The van der Waals surface area contributed by atoms with Crippen molar-refractivity contribution < 1.29 is 19.2 Å². The Kier molecular flexibility index (Phi) is 9.57. The lowest BCUT2D eigenvalue weighted by molar-refractivity contribution is -0.136.